The Morgan fingerprint density at radius 3 is 1.78 bits per heavy atom. The lowest BCUT2D eigenvalue weighted by atomic mass is 9.78. The second-order valence-corrected chi connectivity index (χ2v) is 19.6. The summed E-state index contributed by atoms with van der Waals surface area (Å²) in [5, 5.41) is 80.6. The summed E-state index contributed by atoms with van der Waals surface area (Å²) in [6, 6.07) is 2.13. The number of carbonyl (C=O) groups is 11. The number of aliphatic imine (C=N–C) groups is 1. The number of amides is 6. The van der Waals surface area contributed by atoms with Gasteiger partial charge in [0.25, 0.3) is 5.91 Å². The van der Waals surface area contributed by atoms with Gasteiger partial charge in [0.15, 0.2) is 5.96 Å². The van der Waals surface area contributed by atoms with Crippen LogP contribution in [0, 0.1) is 5.92 Å². The molecule has 0 aromatic heterocycles. The highest BCUT2D eigenvalue weighted by atomic mass is 16.4. The normalized spacial score (nSPS) is 20.6. The lowest BCUT2D eigenvalue weighted by molar-refractivity contribution is -0.145. The zero-order valence-corrected chi connectivity index (χ0v) is 43.8. The number of carboxylic acids is 5. The van der Waals surface area contributed by atoms with E-state index in [1.165, 1.54) is 50.8 Å². The van der Waals surface area contributed by atoms with Crippen molar-refractivity contribution < 1.29 is 88.3 Å². The number of nitrogens with two attached hydrogens (primary N) is 2. The van der Waals surface area contributed by atoms with Crippen LogP contribution in [0.25, 0.3) is 0 Å². The highest BCUT2D eigenvalue weighted by Gasteiger charge is 2.65. The standard InChI is InChI=1S/C47H72BN13O18/c1-28(42(72)61-13-3-5-34(61)48(78)79)54-40(70)30-8-6-29(7-9-30)23-53-45(77)47(22-31(47)43(73)74)56-36(63)24-52-41(71)32(4-2-12-51-46(49)50)55-35(62)11-10-33(44(75)76)60-20-18-58(26-38(66)67)16-14-57(25-37(64)65)15-17-59(19-21-60)27-39(68)69/h6-9,28,31-34,78-79H,2-5,10-27H2,1H3,(H,52,71)(H,53,77)(H,54,70)(H,55,62)(H,56,63)(H,64,65)(H,66,67)(H,68,69)(H,73,74)(H,75,76)(H4,49,50,51)/t28-,31+,32+,33-,34+,47?/m1/s1. The van der Waals surface area contributed by atoms with E-state index in [0.29, 0.717) is 24.9 Å². The molecular formula is C47H72BN13O18. The van der Waals surface area contributed by atoms with Crippen molar-refractivity contribution in [3.05, 3.63) is 35.4 Å². The maximum absolute atomic E-state index is 13.6. The predicted octanol–water partition coefficient (Wildman–Crippen LogP) is -6.25. The second kappa shape index (κ2) is 30.6. The monoisotopic (exact) mass is 1120 g/mol. The summed E-state index contributed by atoms with van der Waals surface area (Å²) in [7, 11) is -1.73. The van der Waals surface area contributed by atoms with Crippen LogP contribution >= 0.6 is 0 Å². The summed E-state index contributed by atoms with van der Waals surface area (Å²) in [5.74, 6) is -13.2. The molecule has 4 rings (SSSR count). The van der Waals surface area contributed by atoms with Crippen molar-refractivity contribution in [3.8, 4) is 0 Å². The Bertz CT molecular complexity index is 2370. The van der Waals surface area contributed by atoms with Crippen molar-refractivity contribution in [2.75, 3.05) is 91.6 Å². The van der Waals surface area contributed by atoms with E-state index in [1.807, 2.05) is 0 Å². The van der Waals surface area contributed by atoms with Crippen LogP contribution in [0.3, 0.4) is 0 Å². The zero-order valence-electron chi connectivity index (χ0n) is 43.8. The van der Waals surface area contributed by atoms with Gasteiger partial charge in [-0.1, -0.05) is 12.1 Å². The quantitative estimate of drug-likeness (QED) is 0.0161. The number of aliphatic carboxylic acids is 5. The van der Waals surface area contributed by atoms with E-state index < -0.39 is 134 Å². The molecule has 2 aliphatic heterocycles. The van der Waals surface area contributed by atoms with Gasteiger partial charge in [0.2, 0.25) is 29.5 Å². The number of benzene rings is 1. The van der Waals surface area contributed by atoms with Crippen LogP contribution < -0.4 is 38.1 Å². The molecule has 1 aliphatic carbocycles. The fourth-order valence-corrected chi connectivity index (χ4v) is 9.35. The van der Waals surface area contributed by atoms with Crippen molar-refractivity contribution in [1.82, 2.24) is 51.1 Å². The summed E-state index contributed by atoms with van der Waals surface area (Å²) in [6.07, 6.45) is -0.107. The SMILES string of the molecule is C[C@@H](NC(=O)c1ccc(CNC(=O)C2(NC(=O)CNC(=O)[C@H](CCCN=C(N)N)NC(=O)CC[C@H](C(=O)O)N3CCN(CC(=O)O)CCN(CC(=O)O)CCN(CC(=O)O)CC3)C[C@H]2C(=O)O)cc1)C(=O)N1CCC[C@H]1B(O)O. The summed E-state index contributed by atoms with van der Waals surface area (Å²) in [4.78, 5) is 151. The van der Waals surface area contributed by atoms with Crippen molar-refractivity contribution in [1.29, 1.82) is 0 Å². The molecule has 16 N–H and O–H groups in total. The summed E-state index contributed by atoms with van der Waals surface area (Å²) in [6.45, 7) is -0.192. The molecule has 3 fully saturated rings. The number of hydrogen-bond acceptors (Lipinski definition) is 18. The first kappa shape index (κ1) is 64.0. The van der Waals surface area contributed by atoms with Gasteiger partial charge >= 0.3 is 37.0 Å². The smallest absolute Gasteiger partial charge is 0.475 e. The number of guanidine groups is 1. The highest BCUT2D eigenvalue weighted by molar-refractivity contribution is 6.43. The van der Waals surface area contributed by atoms with Crippen molar-refractivity contribution in [3.63, 3.8) is 0 Å². The second-order valence-electron chi connectivity index (χ2n) is 19.6. The Kier molecular flexibility index (Phi) is 24.8. The van der Waals surface area contributed by atoms with E-state index in [1.54, 1.807) is 4.90 Å². The first-order chi connectivity index (χ1) is 37.3. The number of carbonyl (C=O) groups excluding carboxylic acids is 6. The number of hydrogen-bond donors (Lipinski definition) is 14. The molecule has 31 nitrogen and oxygen atoms in total. The molecule has 436 valence electrons. The van der Waals surface area contributed by atoms with Crippen molar-refractivity contribution in [2.24, 2.45) is 22.4 Å². The first-order valence-electron chi connectivity index (χ1n) is 25.6. The number of nitrogens with one attached hydrogen (secondary N) is 5. The van der Waals surface area contributed by atoms with Crippen LogP contribution in [0.1, 0.15) is 67.8 Å². The van der Waals surface area contributed by atoms with Gasteiger partial charge < -0.3 is 78.5 Å². The van der Waals surface area contributed by atoms with Crippen LogP contribution in [-0.4, -0.2) is 260 Å². The third kappa shape index (κ3) is 20.7. The van der Waals surface area contributed by atoms with Crippen molar-refractivity contribution in [2.45, 2.75) is 88.0 Å². The molecule has 3 aliphatic rings. The molecular weight excluding hydrogens is 1050 g/mol. The third-order valence-corrected chi connectivity index (χ3v) is 13.7. The molecule has 0 spiro atoms. The van der Waals surface area contributed by atoms with Gasteiger partial charge in [0, 0.05) is 84.0 Å². The molecule has 1 aromatic carbocycles. The van der Waals surface area contributed by atoms with Crippen LogP contribution in [0.5, 0.6) is 0 Å². The number of rotatable bonds is 28. The van der Waals surface area contributed by atoms with Gasteiger partial charge in [0.05, 0.1) is 38.0 Å². The molecule has 1 aromatic rings. The Balaban J connectivity index is 1.37. The van der Waals surface area contributed by atoms with E-state index in [2.05, 4.69) is 31.6 Å². The van der Waals surface area contributed by atoms with Gasteiger partial charge in [-0.05, 0) is 63.1 Å². The fraction of sp³-hybridized carbons (Fsp3) is 0.617. The number of nitrogens with zero attached hydrogens (tertiary/aromatic N) is 6. The molecule has 32 heteroatoms. The van der Waals surface area contributed by atoms with Crippen LogP contribution in [0.2, 0.25) is 0 Å². The zero-order chi connectivity index (χ0) is 58.6. The predicted molar refractivity (Wildman–Crippen MR) is 276 cm³/mol. The van der Waals surface area contributed by atoms with Crippen LogP contribution in [-0.2, 0) is 54.5 Å². The highest BCUT2D eigenvalue weighted by Crippen LogP contribution is 2.44. The fourth-order valence-electron chi connectivity index (χ4n) is 9.35. The van der Waals surface area contributed by atoms with E-state index in [0.717, 1.165) is 0 Å². The third-order valence-electron chi connectivity index (χ3n) is 13.7. The Morgan fingerprint density at radius 1 is 0.734 bits per heavy atom. The summed E-state index contributed by atoms with van der Waals surface area (Å²) < 4.78 is 0. The van der Waals surface area contributed by atoms with Gasteiger partial charge in [0.1, 0.15) is 23.7 Å². The minimum atomic E-state index is -1.92. The topological polar surface area (TPSA) is 470 Å². The maximum atomic E-state index is 13.6. The minimum Gasteiger partial charge on any atom is -0.481 e. The van der Waals surface area contributed by atoms with Gasteiger partial charge in [-0.3, -0.25) is 77.3 Å². The van der Waals surface area contributed by atoms with E-state index in [-0.39, 0.29) is 109 Å². The Labute approximate surface area is 454 Å². The van der Waals surface area contributed by atoms with Gasteiger partial charge in [-0.25, -0.2) is 0 Å². The van der Waals surface area contributed by atoms with E-state index in [9.17, 15) is 88.3 Å². The molecule has 0 radical (unpaired) electrons. The average Bonchev–Trinajstić information content (AvgIpc) is 4.15. The summed E-state index contributed by atoms with van der Waals surface area (Å²) in [5.41, 5.74) is 9.57. The first-order valence-corrected chi connectivity index (χ1v) is 25.6. The lowest BCUT2D eigenvalue weighted by Crippen LogP contribution is -2.54. The van der Waals surface area contributed by atoms with Crippen LogP contribution in [0.4, 0.5) is 0 Å². The molecule has 79 heavy (non-hydrogen) atoms. The molecule has 6 atom stereocenters. The van der Waals surface area contributed by atoms with E-state index >= 15 is 0 Å². The molecule has 2 saturated heterocycles. The maximum Gasteiger partial charge on any atom is 0.475 e. The molecule has 2 heterocycles. The van der Waals surface area contributed by atoms with Gasteiger partial charge in [-0.15, -0.1) is 0 Å². The lowest BCUT2D eigenvalue weighted by Gasteiger charge is -2.35. The van der Waals surface area contributed by atoms with E-state index in [4.69, 9.17) is 11.5 Å². The molecule has 1 saturated carbocycles. The molecule has 1 unspecified atom stereocenters. The Hall–Kier alpha value is -7.52. The minimum absolute atomic E-state index is 0.00248. The molecule has 6 amide bonds. The number of carboxylic acid groups (broad SMARTS) is 5. The van der Waals surface area contributed by atoms with Crippen LogP contribution in [0.15, 0.2) is 29.3 Å². The summed E-state index contributed by atoms with van der Waals surface area (Å²) >= 11 is 0. The average molecular weight is 1120 g/mol. The Morgan fingerprint density at radius 2 is 1.29 bits per heavy atom. The molecule has 0 bridgehead atoms. The van der Waals surface area contributed by atoms with Crippen molar-refractivity contribution >= 4 is 78.4 Å². The number of likely N-dealkylation sites (tertiary alicyclic amines) is 1. The van der Waals surface area contributed by atoms with Gasteiger partial charge in [-0.2, -0.15) is 0 Å². The largest absolute Gasteiger partial charge is 0.481 e.